The van der Waals surface area contributed by atoms with Gasteiger partial charge in [0.15, 0.2) is 12.2 Å². The van der Waals surface area contributed by atoms with Crippen LogP contribution in [0.15, 0.2) is 71.9 Å². The summed E-state index contributed by atoms with van der Waals surface area (Å²) < 4.78 is 0. The van der Waals surface area contributed by atoms with E-state index in [0.29, 0.717) is 5.96 Å². The number of urea groups is 1. The summed E-state index contributed by atoms with van der Waals surface area (Å²) in [6.45, 7) is 0.721. The Kier molecular flexibility index (Phi) is 4.08. The number of imide groups is 1. The van der Waals surface area contributed by atoms with Crippen LogP contribution in [-0.2, 0) is 11.2 Å². The predicted octanol–water partition coefficient (Wildman–Crippen LogP) is 2.09. The van der Waals surface area contributed by atoms with Crippen molar-refractivity contribution in [2.24, 2.45) is 4.99 Å². The molecule has 29 heavy (non-hydrogen) atoms. The number of nitrogens with zero attached hydrogens (tertiary/aromatic N) is 4. The molecule has 1 saturated heterocycles. The third-order valence-electron chi connectivity index (χ3n) is 5.61. The second-order valence-electron chi connectivity index (χ2n) is 7.37. The number of carbonyl (C=O) groups is 2. The van der Waals surface area contributed by atoms with Gasteiger partial charge in [0.25, 0.3) is 5.91 Å². The molecule has 0 bridgehead atoms. The number of hydrogen-bond donors (Lipinski definition) is 1. The molecule has 0 saturated carbocycles. The summed E-state index contributed by atoms with van der Waals surface area (Å²) in [7, 11) is 1.67. The van der Waals surface area contributed by atoms with Gasteiger partial charge in [-0.15, -0.1) is 0 Å². The van der Waals surface area contributed by atoms with Gasteiger partial charge in [0, 0.05) is 19.8 Å². The van der Waals surface area contributed by atoms with Gasteiger partial charge in [-0.05, 0) is 17.5 Å². The lowest BCUT2D eigenvalue weighted by Crippen LogP contribution is -2.62. The van der Waals surface area contributed by atoms with Gasteiger partial charge in [0.05, 0.1) is 5.70 Å². The minimum atomic E-state index is -0.548. The molecule has 1 fully saturated rings. The highest BCUT2D eigenvalue weighted by Crippen LogP contribution is 2.35. The van der Waals surface area contributed by atoms with Crippen molar-refractivity contribution in [2.75, 3.05) is 13.6 Å². The maximum absolute atomic E-state index is 12.6. The van der Waals surface area contributed by atoms with Crippen molar-refractivity contribution in [2.45, 2.75) is 18.6 Å². The highest BCUT2D eigenvalue weighted by atomic mass is 16.2. The van der Waals surface area contributed by atoms with E-state index in [-0.39, 0.29) is 5.91 Å². The van der Waals surface area contributed by atoms with Gasteiger partial charge in [-0.2, -0.15) is 0 Å². The molecule has 2 atom stereocenters. The Morgan fingerprint density at radius 3 is 2.41 bits per heavy atom. The summed E-state index contributed by atoms with van der Waals surface area (Å²) in [4.78, 5) is 34.9. The fourth-order valence-corrected chi connectivity index (χ4v) is 4.07. The van der Waals surface area contributed by atoms with Crippen molar-refractivity contribution in [3.8, 4) is 0 Å². The van der Waals surface area contributed by atoms with E-state index in [1.54, 1.807) is 7.05 Å². The van der Waals surface area contributed by atoms with Crippen LogP contribution in [0.25, 0.3) is 5.70 Å². The third-order valence-corrected chi connectivity index (χ3v) is 5.61. The lowest BCUT2D eigenvalue weighted by molar-refractivity contribution is -0.126. The normalized spacial score (nSPS) is 22.9. The van der Waals surface area contributed by atoms with Crippen LogP contribution < -0.4 is 5.32 Å². The maximum atomic E-state index is 12.6. The molecule has 0 aliphatic carbocycles. The van der Waals surface area contributed by atoms with Crippen molar-refractivity contribution in [1.82, 2.24) is 20.0 Å². The molecule has 2 aromatic rings. The Balaban J connectivity index is 1.50. The number of fused-ring (bicyclic) bond motifs is 3. The van der Waals surface area contributed by atoms with Crippen molar-refractivity contribution in [3.63, 3.8) is 0 Å². The van der Waals surface area contributed by atoms with Crippen molar-refractivity contribution in [1.29, 1.82) is 0 Å². The molecular formula is C22H21N5O2. The molecule has 5 rings (SSSR count). The number of amides is 3. The summed E-state index contributed by atoms with van der Waals surface area (Å²) in [5.41, 5.74) is 3.31. The van der Waals surface area contributed by atoms with E-state index in [4.69, 9.17) is 4.99 Å². The molecule has 2 aromatic carbocycles. The number of guanidine groups is 1. The van der Waals surface area contributed by atoms with Crippen LogP contribution >= 0.6 is 0 Å². The number of aliphatic imine (C=N–C) groups is 1. The third kappa shape index (κ3) is 2.86. The van der Waals surface area contributed by atoms with Crippen molar-refractivity contribution in [3.05, 3.63) is 78.0 Å². The molecule has 2 unspecified atom stereocenters. The van der Waals surface area contributed by atoms with Crippen LogP contribution in [-0.4, -0.2) is 58.4 Å². The number of nitrogens with one attached hydrogen (secondary N) is 1. The van der Waals surface area contributed by atoms with E-state index in [2.05, 4.69) is 34.5 Å². The van der Waals surface area contributed by atoms with E-state index in [1.807, 2.05) is 47.5 Å². The minimum Gasteiger partial charge on any atom is -0.310 e. The quantitative estimate of drug-likeness (QED) is 0.872. The smallest absolute Gasteiger partial charge is 0.310 e. The van der Waals surface area contributed by atoms with Gasteiger partial charge in [-0.3, -0.25) is 10.1 Å². The van der Waals surface area contributed by atoms with Crippen LogP contribution in [0.1, 0.15) is 11.1 Å². The Morgan fingerprint density at radius 2 is 1.69 bits per heavy atom. The lowest BCUT2D eigenvalue weighted by atomic mass is 10.1. The Bertz CT molecular complexity index is 1020. The largest absolute Gasteiger partial charge is 0.325 e. The molecule has 7 heteroatoms. The summed E-state index contributed by atoms with van der Waals surface area (Å²) in [6.07, 6.45) is 2.31. The zero-order valence-corrected chi connectivity index (χ0v) is 16.0. The second kappa shape index (κ2) is 6.77. The fourth-order valence-electron chi connectivity index (χ4n) is 4.07. The molecular weight excluding hydrogens is 366 g/mol. The molecule has 3 aliphatic rings. The zero-order chi connectivity index (χ0) is 20.0. The molecule has 146 valence electrons. The first kappa shape index (κ1) is 17.5. The molecule has 3 aliphatic heterocycles. The molecule has 1 N–H and O–H groups in total. The van der Waals surface area contributed by atoms with Crippen molar-refractivity contribution >= 4 is 23.6 Å². The van der Waals surface area contributed by atoms with E-state index < -0.39 is 18.2 Å². The van der Waals surface area contributed by atoms with E-state index in [0.717, 1.165) is 24.2 Å². The van der Waals surface area contributed by atoms with Gasteiger partial charge < -0.3 is 14.7 Å². The predicted molar refractivity (Wildman–Crippen MR) is 109 cm³/mol. The first-order valence-electron chi connectivity index (χ1n) is 9.66. The molecule has 0 radical (unpaired) electrons. The summed E-state index contributed by atoms with van der Waals surface area (Å²) in [5.74, 6) is 0.400. The Labute approximate surface area is 168 Å². The highest BCUT2D eigenvalue weighted by molar-refractivity contribution is 6.06. The number of carbonyl (C=O) groups excluding carboxylic acids is 2. The molecule has 3 heterocycles. The van der Waals surface area contributed by atoms with E-state index in [9.17, 15) is 9.59 Å². The Morgan fingerprint density at radius 1 is 1.00 bits per heavy atom. The minimum absolute atomic E-state index is 0.314. The number of hydrogen-bond acceptors (Lipinski definition) is 5. The first-order valence-corrected chi connectivity index (χ1v) is 9.66. The lowest BCUT2D eigenvalue weighted by Gasteiger charge is -2.34. The molecule has 0 aromatic heterocycles. The second-order valence-corrected chi connectivity index (χ2v) is 7.37. The number of rotatable bonds is 4. The SMILES string of the molecule is CN1C(=O)NC(=O)C2C1N=C1N(CCc3ccccc3)C(c3ccccc3)=CN12. The summed E-state index contributed by atoms with van der Waals surface area (Å²) in [5, 5.41) is 2.43. The first-order chi connectivity index (χ1) is 14.1. The van der Waals surface area contributed by atoms with Gasteiger partial charge >= 0.3 is 6.03 Å². The van der Waals surface area contributed by atoms with Crippen LogP contribution in [0.3, 0.4) is 0 Å². The number of likely N-dealkylation sites (N-methyl/N-ethyl adjacent to an activating group) is 1. The van der Waals surface area contributed by atoms with Crippen LogP contribution in [0.5, 0.6) is 0 Å². The van der Waals surface area contributed by atoms with Gasteiger partial charge in [0.1, 0.15) is 0 Å². The van der Waals surface area contributed by atoms with Gasteiger partial charge in [-0.25, -0.2) is 9.79 Å². The topological polar surface area (TPSA) is 68.2 Å². The highest BCUT2D eigenvalue weighted by Gasteiger charge is 2.51. The van der Waals surface area contributed by atoms with Gasteiger partial charge in [-0.1, -0.05) is 60.7 Å². The van der Waals surface area contributed by atoms with Crippen molar-refractivity contribution < 1.29 is 9.59 Å². The number of benzene rings is 2. The van der Waals surface area contributed by atoms with E-state index >= 15 is 0 Å². The zero-order valence-electron chi connectivity index (χ0n) is 16.0. The van der Waals surface area contributed by atoms with Crippen LogP contribution in [0.4, 0.5) is 4.79 Å². The van der Waals surface area contributed by atoms with Crippen LogP contribution in [0, 0.1) is 0 Å². The van der Waals surface area contributed by atoms with Gasteiger partial charge in [0.2, 0.25) is 5.96 Å². The molecule has 7 nitrogen and oxygen atoms in total. The summed E-state index contributed by atoms with van der Waals surface area (Å²) >= 11 is 0. The summed E-state index contributed by atoms with van der Waals surface area (Å²) in [6, 6.07) is 19.4. The molecule has 3 amide bonds. The standard InChI is InChI=1S/C22H21N5O2/c1-25-19-18(20(28)24-22(25)29)27-14-17(16-10-6-3-7-11-16)26(21(27)23-19)13-12-15-8-4-2-5-9-15/h2-11,14,18-19H,12-13H2,1H3,(H,24,28,29). The maximum Gasteiger partial charge on any atom is 0.325 e. The average molecular weight is 387 g/mol. The van der Waals surface area contributed by atoms with Crippen LogP contribution in [0.2, 0.25) is 0 Å². The van der Waals surface area contributed by atoms with E-state index in [1.165, 1.54) is 10.5 Å². The molecule has 0 spiro atoms. The fraction of sp³-hybridized carbons (Fsp3) is 0.227. The Hall–Kier alpha value is -3.61. The monoisotopic (exact) mass is 387 g/mol. The average Bonchev–Trinajstić information content (AvgIpc) is 3.28.